The van der Waals surface area contributed by atoms with E-state index in [0.29, 0.717) is 18.0 Å². The second-order valence-electron chi connectivity index (χ2n) is 6.59. The molecule has 2 aliphatic rings. The monoisotopic (exact) mass is 281 g/mol. The van der Waals surface area contributed by atoms with Crippen LogP contribution in [0.25, 0.3) is 11.3 Å². The summed E-state index contributed by atoms with van der Waals surface area (Å²) in [5.74, 6) is 0.707. The van der Waals surface area contributed by atoms with E-state index in [1.807, 2.05) is 12.5 Å². The molecule has 4 rings (SSSR count). The Morgan fingerprint density at radius 2 is 2.00 bits per heavy atom. The van der Waals surface area contributed by atoms with E-state index in [4.69, 9.17) is 5.73 Å². The molecule has 3 heteroatoms. The van der Waals surface area contributed by atoms with Crippen molar-refractivity contribution in [3.05, 3.63) is 42.4 Å². The standard InChI is InChI=1S/C18H23N3/c19-16(13-6-2-1-3-7-13)10-17-14-8-4-5-9-15(14)18-11-20-12-21(17)18/h4-5,8-9,11-13,16-17H,1-3,6-7,10,19H2/t16-,17-/m1/s1. The van der Waals surface area contributed by atoms with Crippen LogP contribution in [0.4, 0.5) is 0 Å². The summed E-state index contributed by atoms with van der Waals surface area (Å²) < 4.78 is 2.31. The average Bonchev–Trinajstić information content (AvgIpc) is 3.11. The van der Waals surface area contributed by atoms with Crippen molar-refractivity contribution in [1.29, 1.82) is 0 Å². The molecule has 2 heterocycles. The third kappa shape index (κ3) is 2.20. The minimum Gasteiger partial charge on any atom is -0.327 e. The van der Waals surface area contributed by atoms with E-state index < -0.39 is 0 Å². The second kappa shape index (κ2) is 5.30. The van der Waals surface area contributed by atoms with Gasteiger partial charge in [0.1, 0.15) is 0 Å². The fourth-order valence-corrected chi connectivity index (χ4v) is 4.19. The second-order valence-corrected chi connectivity index (χ2v) is 6.59. The Morgan fingerprint density at radius 1 is 1.19 bits per heavy atom. The van der Waals surface area contributed by atoms with Gasteiger partial charge in [0.15, 0.2) is 0 Å². The van der Waals surface area contributed by atoms with Crippen LogP contribution in [-0.4, -0.2) is 15.6 Å². The lowest BCUT2D eigenvalue weighted by Gasteiger charge is -2.30. The van der Waals surface area contributed by atoms with Crippen LogP contribution in [0.2, 0.25) is 0 Å². The van der Waals surface area contributed by atoms with Crippen LogP contribution in [0, 0.1) is 5.92 Å². The highest BCUT2D eigenvalue weighted by Gasteiger charge is 2.31. The van der Waals surface area contributed by atoms with Gasteiger partial charge in [-0.05, 0) is 30.7 Å². The van der Waals surface area contributed by atoms with Gasteiger partial charge in [-0.2, -0.15) is 0 Å². The lowest BCUT2D eigenvalue weighted by atomic mass is 9.81. The third-order valence-electron chi connectivity index (χ3n) is 5.35. The molecular weight excluding hydrogens is 258 g/mol. The number of aromatic nitrogens is 2. The Balaban J connectivity index is 1.60. The van der Waals surface area contributed by atoms with Crippen LogP contribution in [0.5, 0.6) is 0 Å². The number of fused-ring (bicyclic) bond motifs is 3. The Hall–Kier alpha value is -1.61. The normalized spacial score (nSPS) is 22.8. The van der Waals surface area contributed by atoms with Crippen LogP contribution in [0.3, 0.4) is 0 Å². The van der Waals surface area contributed by atoms with Crippen molar-refractivity contribution in [1.82, 2.24) is 9.55 Å². The summed E-state index contributed by atoms with van der Waals surface area (Å²) in [7, 11) is 0. The maximum absolute atomic E-state index is 6.58. The van der Waals surface area contributed by atoms with E-state index in [-0.39, 0.29) is 0 Å². The lowest BCUT2D eigenvalue weighted by molar-refractivity contribution is 0.280. The quantitative estimate of drug-likeness (QED) is 0.931. The summed E-state index contributed by atoms with van der Waals surface area (Å²) in [5, 5.41) is 0. The summed E-state index contributed by atoms with van der Waals surface area (Å²) in [6.07, 6.45) is 11.7. The molecule has 21 heavy (non-hydrogen) atoms. The van der Waals surface area contributed by atoms with E-state index in [0.717, 1.165) is 6.42 Å². The molecule has 0 unspecified atom stereocenters. The molecule has 0 bridgehead atoms. The molecule has 3 nitrogen and oxygen atoms in total. The van der Waals surface area contributed by atoms with Gasteiger partial charge in [-0.1, -0.05) is 43.5 Å². The molecule has 110 valence electrons. The molecule has 0 amide bonds. The van der Waals surface area contributed by atoms with Gasteiger partial charge in [0.2, 0.25) is 0 Å². The zero-order valence-corrected chi connectivity index (χ0v) is 12.4. The van der Waals surface area contributed by atoms with E-state index in [9.17, 15) is 0 Å². The predicted octanol–water partition coefficient (Wildman–Crippen LogP) is 3.75. The molecule has 1 aromatic carbocycles. The van der Waals surface area contributed by atoms with Crippen LogP contribution in [-0.2, 0) is 0 Å². The molecule has 1 saturated carbocycles. The number of nitrogens with two attached hydrogens (primary N) is 1. The smallest absolute Gasteiger partial charge is 0.0956 e. The minimum atomic E-state index is 0.303. The molecule has 0 radical (unpaired) electrons. The SMILES string of the molecule is N[C@H](C[C@@H]1c2ccccc2-c2cncn21)C1CCCCC1. The highest BCUT2D eigenvalue weighted by atomic mass is 15.1. The Labute approximate surface area is 126 Å². The van der Waals surface area contributed by atoms with E-state index in [1.54, 1.807) is 0 Å². The van der Waals surface area contributed by atoms with E-state index in [2.05, 4.69) is 33.8 Å². The van der Waals surface area contributed by atoms with Crippen molar-refractivity contribution in [2.24, 2.45) is 11.7 Å². The van der Waals surface area contributed by atoms with Gasteiger partial charge in [0, 0.05) is 11.6 Å². The zero-order chi connectivity index (χ0) is 14.2. The molecular formula is C18H23N3. The summed E-state index contributed by atoms with van der Waals surface area (Å²) in [4.78, 5) is 4.33. The number of imidazole rings is 1. The maximum Gasteiger partial charge on any atom is 0.0956 e. The highest BCUT2D eigenvalue weighted by molar-refractivity contribution is 5.68. The first kappa shape index (κ1) is 13.1. The first-order chi connectivity index (χ1) is 10.3. The number of hydrogen-bond donors (Lipinski definition) is 1. The lowest BCUT2D eigenvalue weighted by Crippen LogP contribution is -2.34. The number of rotatable bonds is 3. The zero-order valence-electron chi connectivity index (χ0n) is 12.4. The van der Waals surface area contributed by atoms with Gasteiger partial charge in [-0.15, -0.1) is 0 Å². The van der Waals surface area contributed by atoms with E-state index in [1.165, 1.54) is 48.9 Å². The molecule has 2 aromatic rings. The van der Waals surface area contributed by atoms with Crippen molar-refractivity contribution in [2.75, 3.05) is 0 Å². The molecule has 0 saturated heterocycles. The molecule has 1 aromatic heterocycles. The topological polar surface area (TPSA) is 43.8 Å². The molecule has 0 spiro atoms. The minimum absolute atomic E-state index is 0.303. The molecule has 2 N–H and O–H groups in total. The van der Waals surface area contributed by atoms with Crippen molar-refractivity contribution in [2.45, 2.75) is 50.6 Å². The molecule has 1 aliphatic heterocycles. The average molecular weight is 281 g/mol. The van der Waals surface area contributed by atoms with Gasteiger partial charge < -0.3 is 10.3 Å². The van der Waals surface area contributed by atoms with Crippen molar-refractivity contribution in [3.8, 4) is 11.3 Å². The molecule has 1 aliphatic carbocycles. The predicted molar refractivity (Wildman–Crippen MR) is 85.0 cm³/mol. The van der Waals surface area contributed by atoms with Gasteiger partial charge >= 0.3 is 0 Å². The van der Waals surface area contributed by atoms with Crippen LogP contribution in [0.15, 0.2) is 36.8 Å². The Kier molecular flexibility index (Phi) is 3.30. The van der Waals surface area contributed by atoms with Gasteiger partial charge in [-0.3, -0.25) is 0 Å². The Morgan fingerprint density at radius 3 is 2.86 bits per heavy atom. The third-order valence-corrected chi connectivity index (χ3v) is 5.35. The number of nitrogens with zero attached hydrogens (tertiary/aromatic N) is 2. The first-order valence-electron chi connectivity index (χ1n) is 8.21. The van der Waals surface area contributed by atoms with Crippen molar-refractivity contribution >= 4 is 0 Å². The van der Waals surface area contributed by atoms with Crippen molar-refractivity contribution in [3.63, 3.8) is 0 Å². The van der Waals surface area contributed by atoms with Crippen molar-refractivity contribution < 1.29 is 0 Å². The molecule has 1 fully saturated rings. The summed E-state index contributed by atoms with van der Waals surface area (Å²) in [6, 6.07) is 9.37. The van der Waals surface area contributed by atoms with Gasteiger partial charge in [0.05, 0.1) is 24.3 Å². The fraction of sp³-hybridized carbons (Fsp3) is 0.500. The molecule has 2 atom stereocenters. The number of benzene rings is 1. The summed E-state index contributed by atoms with van der Waals surface area (Å²) >= 11 is 0. The van der Waals surface area contributed by atoms with Crippen LogP contribution >= 0.6 is 0 Å². The van der Waals surface area contributed by atoms with E-state index >= 15 is 0 Å². The van der Waals surface area contributed by atoms with Crippen LogP contribution < -0.4 is 5.73 Å². The maximum atomic E-state index is 6.58. The fourth-order valence-electron chi connectivity index (χ4n) is 4.19. The summed E-state index contributed by atoms with van der Waals surface area (Å²) in [5.41, 5.74) is 10.6. The first-order valence-corrected chi connectivity index (χ1v) is 8.21. The highest BCUT2D eigenvalue weighted by Crippen LogP contribution is 2.42. The Bertz CT molecular complexity index is 625. The largest absolute Gasteiger partial charge is 0.327 e. The number of hydrogen-bond acceptors (Lipinski definition) is 2. The van der Waals surface area contributed by atoms with Gasteiger partial charge in [0.25, 0.3) is 0 Å². The van der Waals surface area contributed by atoms with Crippen LogP contribution in [0.1, 0.15) is 50.1 Å². The van der Waals surface area contributed by atoms with Gasteiger partial charge in [-0.25, -0.2) is 4.98 Å². The summed E-state index contributed by atoms with van der Waals surface area (Å²) in [6.45, 7) is 0.